The van der Waals surface area contributed by atoms with Crippen LogP contribution in [0, 0.1) is 25.5 Å². The Balaban J connectivity index is 2.39. The maximum absolute atomic E-state index is 14.3. The molecular weight excluding hydrogens is 272 g/mol. The Morgan fingerprint density at radius 2 is 2.00 bits per heavy atom. The van der Waals surface area contributed by atoms with E-state index in [2.05, 4.69) is 10.4 Å². The molecule has 1 aromatic heterocycles. The zero-order chi connectivity index (χ0) is 15.6. The number of halogens is 2. The Morgan fingerprint density at radius 3 is 2.62 bits per heavy atom. The van der Waals surface area contributed by atoms with Crippen LogP contribution >= 0.6 is 0 Å². The standard InChI is InChI=1S/C16H21F2N3/c1-5-21-12(8-11(3)20-21)9-14(19-4)15-13(17)7-6-10(2)16(15)18/h6-8,14,19H,5,9H2,1-4H3. The zero-order valence-electron chi connectivity index (χ0n) is 12.9. The van der Waals surface area contributed by atoms with Crippen LogP contribution in [0.4, 0.5) is 8.78 Å². The Morgan fingerprint density at radius 1 is 1.29 bits per heavy atom. The molecule has 0 saturated carbocycles. The lowest BCUT2D eigenvalue weighted by Gasteiger charge is -2.19. The molecule has 1 N–H and O–H groups in total. The summed E-state index contributed by atoms with van der Waals surface area (Å²) in [6.45, 7) is 6.29. The SMILES string of the molecule is CCn1nc(C)cc1CC(NC)c1c(F)ccc(C)c1F. The lowest BCUT2D eigenvalue weighted by Crippen LogP contribution is -2.23. The molecule has 1 atom stereocenters. The molecule has 1 heterocycles. The van der Waals surface area contributed by atoms with Crippen LogP contribution in [0.2, 0.25) is 0 Å². The second kappa shape index (κ2) is 6.35. The fourth-order valence-corrected chi connectivity index (χ4v) is 2.59. The molecule has 2 rings (SSSR count). The first-order valence-electron chi connectivity index (χ1n) is 7.13. The summed E-state index contributed by atoms with van der Waals surface area (Å²) in [5.74, 6) is -0.995. The number of nitrogens with one attached hydrogen (secondary N) is 1. The highest BCUT2D eigenvalue weighted by atomic mass is 19.1. The number of hydrogen-bond acceptors (Lipinski definition) is 2. The van der Waals surface area contributed by atoms with Crippen LogP contribution in [-0.2, 0) is 13.0 Å². The predicted molar refractivity (Wildman–Crippen MR) is 79.2 cm³/mol. The van der Waals surface area contributed by atoms with Crippen LogP contribution in [0.15, 0.2) is 18.2 Å². The minimum absolute atomic E-state index is 0.0963. The first-order chi connectivity index (χ1) is 9.97. The molecule has 1 unspecified atom stereocenters. The van der Waals surface area contributed by atoms with Crippen LogP contribution in [0.3, 0.4) is 0 Å². The van der Waals surface area contributed by atoms with Gasteiger partial charge in [-0.05, 0) is 45.5 Å². The highest BCUT2D eigenvalue weighted by molar-refractivity contribution is 5.30. The van der Waals surface area contributed by atoms with Gasteiger partial charge < -0.3 is 5.32 Å². The van der Waals surface area contributed by atoms with E-state index < -0.39 is 17.7 Å². The maximum atomic E-state index is 14.3. The van der Waals surface area contributed by atoms with Crippen molar-refractivity contribution >= 4 is 0 Å². The minimum Gasteiger partial charge on any atom is -0.312 e. The topological polar surface area (TPSA) is 29.9 Å². The van der Waals surface area contributed by atoms with E-state index in [9.17, 15) is 8.78 Å². The van der Waals surface area contributed by atoms with Crippen LogP contribution in [-0.4, -0.2) is 16.8 Å². The van der Waals surface area contributed by atoms with Gasteiger partial charge in [0.15, 0.2) is 0 Å². The fraction of sp³-hybridized carbons (Fsp3) is 0.438. The third kappa shape index (κ3) is 3.13. The number of rotatable bonds is 5. The average Bonchev–Trinajstić information content (AvgIpc) is 2.82. The molecule has 2 aromatic rings. The maximum Gasteiger partial charge on any atom is 0.133 e. The molecule has 0 aliphatic rings. The van der Waals surface area contributed by atoms with Crippen LogP contribution in [0.1, 0.15) is 35.5 Å². The lowest BCUT2D eigenvalue weighted by atomic mass is 9.98. The molecule has 0 aliphatic heterocycles. The second-order valence-corrected chi connectivity index (χ2v) is 5.23. The van der Waals surface area contributed by atoms with E-state index in [1.54, 1.807) is 14.0 Å². The van der Waals surface area contributed by atoms with Crippen molar-refractivity contribution in [2.45, 2.75) is 39.8 Å². The van der Waals surface area contributed by atoms with Crippen molar-refractivity contribution < 1.29 is 8.78 Å². The summed E-state index contributed by atoms with van der Waals surface area (Å²) in [6.07, 6.45) is 0.489. The smallest absolute Gasteiger partial charge is 0.133 e. The summed E-state index contributed by atoms with van der Waals surface area (Å²) in [4.78, 5) is 0. The molecule has 0 amide bonds. The van der Waals surface area contributed by atoms with Gasteiger partial charge in [-0.2, -0.15) is 5.10 Å². The van der Waals surface area contributed by atoms with Gasteiger partial charge in [0.1, 0.15) is 11.6 Å². The third-order valence-corrected chi connectivity index (χ3v) is 3.71. The van der Waals surface area contributed by atoms with Crippen molar-refractivity contribution in [3.8, 4) is 0 Å². The average molecular weight is 293 g/mol. The van der Waals surface area contributed by atoms with E-state index in [1.165, 1.54) is 12.1 Å². The van der Waals surface area contributed by atoms with Crippen molar-refractivity contribution in [3.63, 3.8) is 0 Å². The summed E-state index contributed by atoms with van der Waals surface area (Å²) in [6, 6.07) is 4.31. The molecule has 0 spiro atoms. The normalized spacial score (nSPS) is 12.7. The minimum atomic E-state index is -0.517. The molecular formula is C16H21F2N3. The van der Waals surface area contributed by atoms with E-state index >= 15 is 0 Å². The molecule has 21 heavy (non-hydrogen) atoms. The molecule has 1 aromatic carbocycles. The third-order valence-electron chi connectivity index (χ3n) is 3.71. The summed E-state index contributed by atoms with van der Waals surface area (Å²) in [7, 11) is 1.71. The van der Waals surface area contributed by atoms with Gasteiger partial charge >= 0.3 is 0 Å². The van der Waals surface area contributed by atoms with Crippen molar-refractivity contribution in [3.05, 3.63) is 52.3 Å². The number of hydrogen-bond donors (Lipinski definition) is 1. The van der Waals surface area contributed by atoms with Gasteiger partial charge in [-0.3, -0.25) is 4.68 Å². The molecule has 0 fully saturated rings. The van der Waals surface area contributed by atoms with Crippen LogP contribution in [0.5, 0.6) is 0 Å². The highest BCUT2D eigenvalue weighted by Gasteiger charge is 2.22. The molecule has 5 heteroatoms. The van der Waals surface area contributed by atoms with E-state index in [4.69, 9.17) is 0 Å². The quantitative estimate of drug-likeness (QED) is 0.916. The first kappa shape index (κ1) is 15.6. The van der Waals surface area contributed by atoms with Crippen LogP contribution < -0.4 is 5.32 Å². The van der Waals surface area contributed by atoms with E-state index in [1.807, 2.05) is 24.6 Å². The van der Waals surface area contributed by atoms with Gasteiger partial charge in [0.05, 0.1) is 5.69 Å². The number of nitrogens with zero attached hydrogens (tertiary/aromatic N) is 2. The molecule has 0 radical (unpaired) electrons. The number of aryl methyl sites for hydroxylation is 3. The highest BCUT2D eigenvalue weighted by Crippen LogP contribution is 2.26. The van der Waals surface area contributed by atoms with Crippen molar-refractivity contribution in [2.24, 2.45) is 0 Å². The molecule has 0 saturated heterocycles. The van der Waals surface area contributed by atoms with Gasteiger partial charge in [-0.1, -0.05) is 6.07 Å². The summed E-state index contributed by atoms with van der Waals surface area (Å²) >= 11 is 0. The summed E-state index contributed by atoms with van der Waals surface area (Å²) in [5, 5.41) is 7.39. The second-order valence-electron chi connectivity index (χ2n) is 5.23. The monoisotopic (exact) mass is 293 g/mol. The van der Waals surface area contributed by atoms with E-state index in [-0.39, 0.29) is 5.56 Å². The fourth-order valence-electron chi connectivity index (χ4n) is 2.59. The molecule has 114 valence electrons. The summed E-state index contributed by atoms with van der Waals surface area (Å²) < 4.78 is 30.2. The Labute approximate surface area is 124 Å². The number of aromatic nitrogens is 2. The van der Waals surface area contributed by atoms with Gasteiger partial charge in [0, 0.05) is 30.3 Å². The van der Waals surface area contributed by atoms with Crippen molar-refractivity contribution in [2.75, 3.05) is 7.05 Å². The van der Waals surface area contributed by atoms with Crippen molar-refractivity contribution in [1.82, 2.24) is 15.1 Å². The molecule has 0 bridgehead atoms. The predicted octanol–water partition coefficient (Wildman–Crippen LogP) is 3.30. The van der Waals surface area contributed by atoms with E-state index in [0.717, 1.165) is 17.9 Å². The van der Waals surface area contributed by atoms with E-state index in [0.29, 0.717) is 12.0 Å². The molecule has 3 nitrogen and oxygen atoms in total. The first-order valence-corrected chi connectivity index (χ1v) is 7.13. The largest absolute Gasteiger partial charge is 0.312 e. The van der Waals surface area contributed by atoms with Gasteiger partial charge in [0.25, 0.3) is 0 Å². The van der Waals surface area contributed by atoms with Crippen LogP contribution in [0.25, 0.3) is 0 Å². The molecule has 0 aliphatic carbocycles. The Hall–Kier alpha value is -1.75. The Bertz CT molecular complexity index is 635. The Kier molecular flexibility index (Phi) is 4.73. The van der Waals surface area contributed by atoms with Gasteiger partial charge in [-0.15, -0.1) is 0 Å². The number of likely N-dealkylation sites (N-methyl/N-ethyl adjacent to an activating group) is 1. The zero-order valence-corrected chi connectivity index (χ0v) is 12.9. The van der Waals surface area contributed by atoms with Gasteiger partial charge in [0.2, 0.25) is 0 Å². The number of benzene rings is 1. The summed E-state index contributed by atoms with van der Waals surface area (Å²) in [5.41, 5.74) is 2.42. The lowest BCUT2D eigenvalue weighted by molar-refractivity contribution is 0.473. The van der Waals surface area contributed by atoms with Crippen molar-refractivity contribution in [1.29, 1.82) is 0 Å². The van der Waals surface area contributed by atoms with Gasteiger partial charge in [-0.25, -0.2) is 8.78 Å².